The summed E-state index contributed by atoms with van der Waals surface area (Å²) in [5.41, 5.74) is 2.58. The highest BCUT2D eigenvalue weighted by molar-refractivity contribution is 6.30. The molecule has 1 unspecified atom stereocenters. The molecule has 2 aromatic heterocycles. The van der Waals surface area contributed by atoms with Gasteiger partial charge in [-0.3, -0.25) is 19.7 Å². The number of nitrogens with zero attached hydrogens (tertiary/aromatic N) is 3. The topological polar surface area (TPSA) is 79.0 Å². The van der Waals surface area contributed by atoms with Crippen LogP contribution in [-0.4, -0.2) is 27.0 Å². The molecule has 7 heteroatoms. The molecule has 3 aromatic rings. The normalized spacial score (nSPS) is 17.1. The maximum Gasteiger partial charge on any atom is 0.238 e. The number of anilines is 1. The molecule has 0 radical (unpaired) electrons. The van der Waals surface area contributed by atoms with Crippen molar-refractivity contribution in [3.63, 3.8) is 0 Å². The van der Waals surface area contributed by atoms with Gasteiger partial charge < -0.3 is 0 Å². The maximum atomic E-state index is 12.7. The number of rotatable bonds is 4. The fourth-order valence-electron chi connectivity index (χ4n) is 3.11. The summed E-state index contributed by atoms with van der Waals surface area (Å²) < 4.78 is 0. The van der Waals surface area contributed by atoms with Gasteiger partial charge in [-0.2, -0.15) is 5.10 Å². The third-order valence-electron chi connectivity index (χ3n) is 4.42. The minimum atomic E-state index is -0.384. The third kappa shape index (κ3) is 3.11. The SMILES string of the molecule is O=C1CC(Cc2ccc(Cl)cc2)C(=O)N1c1cc(-c2ccncc2)[nH]n1. The standard InChI is InChI=1S/C19H15ClN4O2/c20-15-3-1-12(2-4-15)9-14-10-18(25)24(19(14)26)17-11-16(22-23-17)13-5-7-21-8-6-13/h1-8,11,14H,9-10H2,(H,22,23). The highest BCUT2D eigenvalue weighted by Gasteiger charge is 2.40. The van der Waals surface area contributed by atoms with E-state index in [1.807, 2.05) is 24.3 Å². The van der Waals surface area contributed by atoms with Crippen molar-refractivity contribution >= 4 is 29.2 Å². The second kappa shape index (κ2) is 6.72. The van der Waals surface area contributed by atoms with Crippen LogP contribution in [0, 0.1) is 5.92 Å². The predicted octanol–water partition coefficient (Wildman–Crippen LogP) is 3.25. The molecule has 1 aliphatic rings. The number of nitrogens with one attached hydrogen (secondary N) is 1. The van der Waals surface area contributed by atoms with E-state index in [1.165, 1.54) is 4.90 Å². The van der Waals surface area contributed by atoms with Crippen molar-refractivity contribution < 1.29 is 9.59 Å². The first-order valence-corrected chi connectivity index (χ1v) is 8.56. The molecule has 6 nitrogen and oxygen atoms in total. The van der Waals surface area contributed by atoms with E-state index in [0.717, 1.165) is 16.8 Å². The number of aromatic amines is 1. The number of hydrogen-bond donors (Lipinski definition) is 1. The number of halogens is 1. The minimum Gasteiger partial charge on any atom is -0.276 e. The van der Waals surface area contributed by atoms with Crippen LogP contribution in [-0.2, 0) is 16.0 Å². The van der Waals surface area contributed by atoms with Gasteiger partial charge >= 0.3 is 0 Å². The summed E-state index contributed by atoms with van der Waals surface area (Å²) in [6, 6.07) is 12.7. The average Bonchev–Trinajstić information content (AvgIpc) is 3.23. The first-order chi connectivity index (χ1) is 12.6. The van der Waals surface area contributed by atoms with E-state index < -0.39 is 0 Å². The van der Waals surface area contributed by atoms with Crippen LogP contribution in [0.3, 0.4) is 0 Å². The Morgan fingerprint density at radius 2 is 1.85 bits per heavy atom. The fourth-order valence-corrected chi connectivity index (χ4v) is 3.23. The zero-order valence-electron chi connectivity index (χ0n) is 13.7. The van der Waals surface area contributed by atoms with E-state index in [9.17, 15) is 9.59 Å². The number of benzene rings is 1. The highest BCUT2D eigenvalue weighted by Crippen LogP contribution is 2.30. The number of aromatic nitrogens is 3. The van der Waals surface area contributed by atoms with Crippen molar-refractivity contribution in [3.05, 3.63) is 65.4 Å². The Morgan fingerprint density at radius 1 is 1.12 bits per heavy atom. The summed E-state index contributed by atoms with van der Waals surface area (Å²) in [7, 11) is 0. The van der Waals surface area contributed by atoms with Gasteiger partial charge in [0.1, 0.15) is 0 Å². The molecule has 0 bridgehead atoms. The Hall–Kier alpha value is -2.99. The van der Waals surface area contributed by atoms with Gasteiger partial charge in [-0.1, -0.05) is 23.7 Å². The number of H-pyrrole nitrogens is 1. The lowest BCUT2D eigenvalue weighted by Gasteiger charge is -2.11. The van der Waals surface area contributed by atoms with E-state index in [-0.39, 0.29) is 24.2 Å². The Balaban J connectivity index is 1.54. The van der Waals surface area contributed by atoms with Gasteiger partial charge in [0.15, 0.2) is 5.82 Å². The van der Waals surface area contributed by atoms with Crippen LogP contribution >= 0.6 is 11.6 Å². The van der Waals surface area contributed by atoms with Crippen LogP contribution in [0.2, 0.25) is 5.02 Å². The molecule has 0 spiro atoms. The molecule has 1 aromatic carbocycles. The number of amides is 2. The molecular formula is C19H15ClN4O2. The van der Waals surface area contributed by atoms with Gasteiger partial charge in [0.25, 0.3) is 0 Å². The number of hydrogen-bond acceptors (Lipinski definition) is 4. The number of carbonyl (C=O) groups is 2. The zero-order chi connectivity index (χ0) is 18.1. The molecule has 130 valence electrons. The second-order valence-corrected chi connectivity index (χ2v) is 6.61. The first-order valence-electron chi connectivity index (χ1n) is 8.19. The Bertz CT molecular complexity index is 953. The largest absolute Gasteiger partial charge is 0.276 e. The summed E-state index contributed by atoms with van der Waals surface area (Å²) in [5.74, 6) is -0.519. The molecule has 26 heavy (non-hydrogen) atoms. The fraction of sp³-hybridized carbons (Fsp3) is 0.158. The minimum absolute atomic E-state index is 0.179. The molecule has 1 fully saturated rings. The van der Waals surface area contributed by atoms with E-state index in [2.05, 4.69) is 15.2 Å². The Labute approximate surface area is 154 Å². The number of pyridine rings is 1. The molecule has 1 atom stereocenters. The smallest absolute Gasteiger partial charge is 0.238 e. The Kier molecular flexibility index (Phi) is 4.26. The van der Waals surface area contributed by atoms with Crippen molar-refractivity contribution in [3.8, 4) is 11.3 Å². The molecule has 3 heterocycles. The monoisotopic (exact) mass is 366 g/mol. The molecular weight excluding hydrogens is 352 g/mol. The van der Waals surface area contributed by atoms with Gasteiger partial charge in [0.05, 0.1) is 11.6 Å². The molecule has 4 rings (SSSR count). The summed E-state index contributed by atoms with van der Waals surface area (Å²) in [6.07, 6.45) is 4.02. The van der Waals surface area contributed by atoms with E-state index in [1.54, 1.807) is 30.6 Å². The highest BCUT2D eigenvalue weighted by atomic mass is 35.5. The van der Waals surface area contributed by atoms with E-state index in [0.29, 0.717) is 17.3 Å². The van der Waals surface area contributed by atoms with Gasteiger partial charge in [0.2, 0.25) is 11.8 Å². The van der Waals surface area contributed by atoms with E-state index >= 15 is 0 Å². The molecule has 2 amide bonds. The lowest BCUT2D eigenvalue weighted by molar-refractivity contribution is -0.122. The van der Waals surface area contributed by atoms with Crippen molar-refractivity contribution in [2.24, 2.45) is 5.92 Å². The van der Waals surface area contributed by atoms with Crippen molar-refractivity contribution in [2.45, 2.75) is 12.8 Å². The van der Waals surface area contributed by atoms with E-state index in [4.69, 9.17) is 11.6 Å². The van der Waals surface area contributed by atoms with Gasteiger partial charge in [0, 0.05) is 35.5 Å². The van der Waals surface area contributed by atoms with Crippen molar-refractivity contribution in [1.82, 2.24) is 15.2 Å². The van der Waals surface area contributed by atoms with Crippen LogP contribution in [0.1, 0.15) is 12.0 Å². The third-order valence-corrected chi connectivity index (χ3v) is 4.67. The predicted molar refractivity (Wildman–Crippen MR) is 97.6 cm³/mol. The quantitative estimate of drug-likeness (QED) is 0.719. The Morgan fingerprint density at radius 3 is 2.58 bits per heavy atom. The van der Waals surface area contributed by atoms with Crippen LogP contribution in [0.4, 0.5) is 5.82 Å². The van der Waals surface area contributed by atoms with Crippen LogP contribution in [0.5, 0.6) is 0 Å². The van der Waals surface area contributed by atoms with Crippen molar-refractivity contribution in [1.29, 1.82) is 0 Å². The summed E-state index contributed by atoms with van der Waals surface area (Å²) in [6.45, 7) is 0. The molecule has 1 aliphatic heterocycles. The summed E-state index contributed by atoms with van der Waals surface area (Å²) >= 11 is 5.89. The molecule has 1 N–H and O–H groups in total. The average molecular weight is 367 g/mol. The van der Waals surface area contributed by atoms with Gasteiger partial charge in [-0.15, -0.1) is 0 Å². The van der Waals surface area contributed by atoms with Gasteiger partial charge in [-0.25, -0.2) is 4.90 Å². The van der Waals surface area contributed by atoms with Crippen molar-refractivity contribution in [2.75, 3.05) is 4.90 Å². The zero-order valence-corrected chi connectivity index (χ0v) is 14.5. The lowest BCUT2D eigenvalue weighted by atomic mass is 9.98. The lowest BCUT2D eigenvalue weighted by Crippen LogP contribution is -2.31. The number of imide groups is 1. The second-order valence-electron chi connectivity index (χ2n) is 6.17. The van der Waals surface area contributed by atoms with Gasteiger partial charge in [-0.05, 0) is 36.2 Å². The maximum absolute atomic E-state index is 12.7. The molecule has 1 saturated heterocycles. The molecule has 0 saturated carbocycles. The van der Waals surface area contributed by atoms with Crippen LogP contribution < -0.4 is 4.90 Å². The summed E-state index contributed by atoms with van der Waals surface area (Å²) in [5, 5.41) is 7.67. The summed E-state index contributed by atoms with van der Waals surface area (Å²) in [4.78, 5) is 30.3. The van der Waals surface area contributed by atoms with Crippen LogP contribution in [0.15, 0.2) is 54.9 Å². The first kappa shape index (κ1) is 16.5. The molecule has 0 aliphatic carbocycles. The van der Waals surface area contributed by atoms with Crippen LogP contribution in [0.25, 0.3) is 11.3 Å². The number of carbonyl (C=O) groups excluding carboxylic acids is 2.